The maximum Gasteiger partial charge on any atom is 0.259 e. The maximum absolute atomic E-state index is 13.1. The first-order chi connectivity index (χ1) is 13.5. The van der Waals surface area contributed by atoms with Gasteiger partial charge >= 0.3 is 0 Å². The fourth-order valence-corrected chi connectivity index (χ4v) is 4.56. The molecule has 0 bridgehead atoms. The molecule has 0 unspecified atom stereocenters. The quantitative estimate of drug-likeness (QED) is 0.612. The Morgan fingerprint density at radius 2 is 2.04 bits per heavy atom. The summed E-state index contributed by atoms with van der Waals surface area (Å²) in [5, 5.41) is 5.12. The minimum absolute atomic E-state index is 0.116. The average Bonchev–Trinajstić information content (AvgIpc) is 3.26. The van der Waals surface area contributed by atoms with Crippen molar-refractivity contribution >= 4 is 46.1 Å². The molecule has 5 nitrogen and oxygen atoms in total. The number of hydrogen-bond acceptors (Lipinski definition) is 4. The molecule has 0 aliphatic carbocycles. The van der Waals surface area contributed by atoms with E-state index in [0.29, 0.717) is 34.1 Å². The summed E-state index contributed by atoms with van der Waals surface area (Å²) in [6.45, 7) is 2.40. The van der Waals surface area contributed by atoms with E-state index >= 15 is 0 Å². The maximum atomic E-state index is 13.1. The van der Waals surface area contributed by atoms with Crippen molar-refractivity contribution in [3.05, 3.63) is 68.8 Å². The molecule has 1 aliphatic heterocycles. The number of nitrogens with one attached hydrogen (secondary N) is 1. The molecule has 2 aromatic heterocycles. The number of halogens is 1. The zero-order valence-corrected chi connectivity index (χ0v) is 16.9. The largest absolute Gasteiger partial charge is 0.469 e. The first kappa shape index (κ1) is 18.8. The third-order valence-corrected chi connectivity index (χ3v) is 6.14. The Balaban J connectivity index is 1.56. The Kier molecular flexibility index (Phi) is 5.24. The van der Waals surface area contributed by atoms with Gasteiger partial charge in [-0.05, 0) is 61.9 Å². The summed E-state index contributed by atoms with van der Waals surface area (Å²) in [7, 11) is 0. The van der Waals surface area contributed by atoms with Crippen LogP contribution in [-0.2, 0) is 6.42 Å². The highest BCUT2D eigenvalue weighted by molar-refractivity contribution is 7.10. The second kappa shape index (κ2) is 7.81. The van der Waals surface area contributed by atoms with Gasteiger partial charge in [-0.25, -0.2) is 0 Å². The smallest absolute Gasteiger partial charge is 0.259 e. The van der Waals surface area contributed by atoms with Gasteiger partial charge in [0, 0.05) is 17.1 Å². The fraction of sp³-hybridized carbons (Fsp3) is 0.238. The monoisotopic (exact) mass is 414 g/mol. The number of fused-ring (bicyclic) bond motifs is 1. The molecule has 0 saturated heterocycles. The van der Waals surface area contributed by atoms with Crippen LogP contribution in [-0.4, -0.2) is 18.4 Å². The summed E-state index contributed by atoms with van der Waals surface area (Å²) in [4.78, 5) is 28.5. The molecule has 3 heterocycles. The molecule has 0 fully saturated rings. The summed E-state index contributed by atoms with van der Waals surface area (Å²) < 4.78 is 5.16. The fourth-order valence-electron chi connectivity index (χ4n) is 3.38. The molecule has 1 aromatic carbocycles. The molecule has 0 radical (unpaired) electrons. The van der Waals surface area contributed by atoms with Gasteiger partial charge in [-0.15, -0.1) is 11.3 Å². The molecule has 0 atom stereocenters. The summed E-state index contributed by atoms with van der Waals surface area (Å²) in [5.41, 5.74) is 2.40. The Morgan fingerprint density at radius 1 is 1.18 bits per heavy atom. The van der Waals surface area contributed by atoms with Crippen molar-refractivity contribution in [1.29, 1.82) is 0 Å². The van der Waals surface area contributed by atoms with Crippen LogP contribution in [0.2, 0.25) is 5.02 Å². The van der Waals surface area contributed by atoms with E-state index in [1.165, 1.54) is 11.1 Å². The Bertz CT molecular complexity index is 1040. The SMILES string of the molecule is Cc1occc1C(=O)Nc1ccc(C(=O)N2CCCCc3sccc32)c(Cl)c1. The number of aryl methyl sites for hydroxylation is 2. The predicted octanol–water partition coefficient (Wildman–Crippen LogP) is 5.54. The first-order valence-electron chi connectivity index (χ1n) is 9.08. The van der Waals surface area contributed by atoms with Gasteiger partial charge in [-0.3, -0.25) is 9.59 Å². The van der Waals surface area contributed by atoms with Crippen molar-refractivity contribution in [2.45, 2.75) is 26.2 Å². The lowest BCUT2D eigenvalue weighted by Gasteiger charge is -2.22. The van der Waals surface area contributed by atoms with Crippen LogP contribution in [0.3, 0.4) is 0 Å². The van der Waals surface area contributed by atoms with E-state index < -0.39 is 0 Å². The lowest BCUT2D eigenvalue weighted by atomic mass is 10.1. The number of nitrogens with zero attached hydrogens (tertiary/aromatic N) is 1. The van der Waals surface area contributed by atoms with Crippen molar-refractivity contribution in [2.24, 2.45) is 0 Å². The van der Waals surface area contributed by atoms with E-state index in [1.54, 1.807) is 42.5 Å². The zero-order valence-electron chi connectivity index (χ0n) is 15.3. The lowest BCUT2D eigenvalue weighted by Crippen LogP contribution is -2.31. The number of amides is 2. The summed E-state index contributed by atoms with van der Waals surface area (Å²) in [6.07, 6.45) is 4.51. The van der Waals surface area contributed by atoms with E-state index in [-0.39, 0.29) is 11.8 Å². The van der Waals surface area contributed by atoms with Crippen molar-refractivity contribution in [3.63, 3.8) is 0 Å². The van der Waals surface area contributed by atoms with Gasteiger partial charge in [0.1, 0.15) is 5.76 Å². The molecule has 1 N–H and O–H groups in total. The van der Waals surface area contributed by atoms with Crippen molar-refractivity contribution < 1.29 is 14.0 Å². The third kappa shape index (κ3) is 3.57. The van der Waals surface area contributed by atoms with E-state index in [4.69, 9.17) is 16.0 Å². The topological polar surface area (TPSA) is 62.6 Å². The van der Waals surface area contributed by atoms with Crippen LogP contribution < -0.4 is 10.2 Å². The minimum atomic E-state index is -0.281. The Morgan fingerprint density at radius 3 is 2.79 bits per heavy atom. The second-order valence-corrected chi connectivity index (χ2v) is 8.09. The predicted molar refractivity (Wildman–Crippen MR) is 112 cm³/mol. The number of anilines is 2. The van der Waals surface area contributed by atoms with Crippen LogP contribution >= 0.6 is 22.9 Å². The number of carbonyl (C=O) groups is 2. The highest BCUT2D eigenvalue weighted by Crippen LogP contribution is 2.33. The van der Waals surface area contributed by atoms with Crippen LogP contribution in [0.25, 0.3) is 0 Å². The normalized spacial score (nSPS) is 13.7. The first-order valence-corrected chi connectivity index (χ1v) is 10.3. The van der Waals surface area contributed by atoms with E-state index in [2.05, 4.69) is 5.32 Å². The molecule has 7 heteroatoms. The van der Waals surface area contributed by atoms with Gasteiger partial charge in [0.15, 0.2) is 0 Å². The van der Waals surface area contributed by atoms with Gasteiger partial charge in [0.05, 0.1) is 28.1 Å². The number of carbonyl (C=O) groups excluding carboxylic acids is 2. The van der Waals surface area contributed by atoms with Gasteiger partial charge in [-0.1, -0.05) is 11.6 Å². The minimum Gasteiger partial charge on any atom is -0.469 e. The second-order valence-electron chi connectivity index (χ2n) is 6.68. The van der Waals surface area contributed by atoms with Gasteiger partial charge in [-0.2, -0.15) is 0 Å². The van der Waals surface area contributed by atoms with Crippen LogP contribution in [0.5, 0.6) is 0 Å². The van der Waals surface area contributed by atoms with Gasteiger partial charge in [0.2, 0.25) is 0 Å². The molecular formula is C21H19ClN2O3S. The van der Waals surface area contributed by atoms with Crippen molar-refractivity contribution in [2.75, 3.05) is 16.8 Å². The number of rotatable bonds is 3. The molecule has 3 aromatic rings. The van der Waals surface area contributed by atoms with Crippen LogP contribution in [0.15, 0.2) is 46.4 Å². The van der Waals surface area contributed by atoms with Gasteiger partial charge < -0.3 is 14.6 Å². The van der Waals surface area contributed by atoms with Crippen LogP contribution in [0.1, 0.15) is 44.2 Å². The summed E-state index contributed by atoms with van der Waals surface area (Å²) >= 11 is 8.10. The molecule has 0 spiro atoms. The van der Waals surface area contributed by atoms with E-state index in [0.717, 1.165) is 24.9 Å². The van der Waals surface area contributed by atoms with Crippen LogP contribution in [0.4, 0.5) is 11.4 Å². The number of thiophene rings is 1. The van der Waals surface area contributed by atoms with E-state index in [1.807, 2.05) is 16.3 Å². The molecular weight excluding hydrogens is 396 g/mol. The lowest BCUT2D eigenvalue weighted by molar-refractivity contribution is 0.0986. The van der Waals surface area contributed by atoms with Gasteiger partial charge in [0.25, 0.3) is 11.8 Å². The standard InChI is InChI=1S/C21H19ClN2O3S/c1-13-15(7-10-27-13)20(25)23-14-5-6-16(17(22)12-14)21(26)24-9-3-2-4-19-18(24)8-11-28-19/h5-8,10-12H,2-4,9H2,1H3,(H,23,25). The third-order valence-electron chi connectivity index (χ3n) is 4.85. The molecule has 2 amide bonds. The zero-order chi connectivity index (χ0) is 19.7. The average molecular weight is 415 g/mol. The Hall–Kier alpha value is -2.57. The van der Waals surface area contributed by atoms with E-state index in [9.17, 15) is 9.59 Å². The molecule has 1 aliphatic rings. The number of benzene rings is 1. The van der Waals surface area contributed by atoms with Crippen LogP contribution in [0, 0.1) is 6.92 Å². The molecule has 4 rings (SSSR count). The molecule has 28 heavy (non-hydrogen) atoms. The highest BCUT2D eigenvalue weighted by atomic mass is 35.5. The van der Waals surface area contributed by atoms with Crippen molar-refractivity contribution in [3.8, 4) is 0 Å². The molecule has 0 saturated carbocycles. The molecule has 144 valence electrons. The Labute approximate surface area is 171 Å². The summed E-state index contributed by atoms with van der Waals surface area (Å²) in [6, 6.07) is 8.58. The number of hydrogen-bond donors (Lipinski definition) is 1. The van der Waals surface area contributed by atoms with Crippen molar-refractivity contribution in [1.82, 2.24) is 0 Å². The highest BCUT2D eigenvalue weighted by Gasteiger charge is 2.25. The number of furan rings is 1. The summed E-state index contributed by atoms with van der Waals surface area (Å²) in [5.74, 6) is 0.148.